The number of nitrogens with zero attached hydrogens (tertiary/aromatic N) is 3. The van der Waals surface area contributed by atoms with Gasteiger partial charge in [-0.25, -0.2) is 4.39 Å². The molecule has 3 rings (SSSR count). The predicted octanol–water partition coefficient (Wildman–Crippen LogP) is 4.93. The molecule has 0 aliphatic carbocycles. The predicted molar refractivity (Wildman–Crippen MR) is 149 cm³/mol. The number of aromatic nitrogens is 1. The average Bonchev–Trinajstić information content (AvgIpc) is 3.35. The average molecular weight is 509 g/mol. The van der Waals surface area contributed by atoms with Gasteiger partial charge in [0, 0.05) is 61.7 Å². The van der Waals surface area contributed by atoms with Crippen molar-refractivity contribution in [2.45, 2.75) is 53.1 Å². The lowest BCUT2D eigenvalue weighted by Gasteiger charge is -2.21. The summed E-state index contributed by atoms with van der Waals surface area (Å²) < 4.78 is 14.7. The van der Waals surface area contributed by atoms with Crippen LogP contribution in [0.15, 0.2) is 53.5 Å². The van der Waals surface area contributed by atoms with E-state index in [1.165, 1.54) is 18.7 Å². The number of pyridine rings is 1. The molecule has 0 radical (unpaired) electrons. The molecule has 0 saturated carbocycles. The highest BCUT2D eigenvalue weighted by Crippen LogP contribution is 2.22. The second-order valence-electron chi connectivity index (χ2n) is 10.4. The van der Waals surface area contributed by atoms with Gasteiger partial charge in [-0.3, -0.25) is 14.8 Å². The van der Waals surface area contributed by atoms with Gasteiger partial charge in [0.15, 0.2) is 0 Å². The van der Waals surface area contributed by atoms with E-state index in [9.17, 15) is 9.18 Å². The number of halogens is 1. The molecule has 1 aliphatic rings. The Labute approximate surface area is 220 Å². The van der Waals surface area contributed by atoms with E-state index in [0.717, 1.165) is 30.9 Å². The lowest BCUT2D eigenvalue weighted by Crippen LogP contribution is -2.31. The zero-order chi connectivity index (χ0) is 26.9. The van der Waals surface area contributed by atoms with E-state index in [2.05, 4.69) is 52.9 Å². The SMILES string of the molecule is Cc1cncc(C(=O)Nc2ccc(F)c([C@H](C)NC(C)C=N/C(=C/N(C)CC3CCNC3)C(C)C)c2)c1. The molecule has 8 heteroatoms. The van der Waals surface area contributed by atoms with Crippen molar-refractivity contribution in [3.8, 4) is 0 Å². The Hall–Kier alpha value is -3.10. The van der Waals surface area contributed by atoms with Crippen LogP contribution >= 0.6 is 0 Å². The highest BCUT2D eigenvalue weighted by molar-refractivity contribution is 6.04. The lowest BCUT2D eigenvalue weighted by atomic mass is 10.1. The molecule has 0 spiro atoms. The topological polar surface area (TPSA) is 81.6 Å². The summed E-state index contributed by atoms with van der Waals surface area (Å²) >= 11 is 0. The number of amides is 1. The normalized spacial score (nSPS) is 17.8. The third kappa shape index (κ3) is 8.76. The Kier molecular flexibility index (Phi) is 10.3. The fourth-order valence-electron chi connectivity index (χ4n) is 4.45. The fraction of sp³-hybridized carbons (Fsp3) is 0.483. The van der Waals surface area contributed by atoms with Gasteiger partial charge < -0.3 is 20.9 Å². The van der Waals surface area contributed by atoms with Gasteiger partial charge in [0.1, 0.15) is 5.82 Å². The van der Waals surface area contributed by atoms with Crippen LogP contribution in [0.4, 0.5) is 10.1 Å². The summed E-state index contributed by atoms with van der Waals surface area (Å²) in [6.07, 6.45) is 8.42. The van der Waals surface area contributed by atoms with E-state index in [4.69, 9.17) is 4.99 Å². The molecule has 1 fully saturated rings. The highest BCUT2D eigenvalue weighted by atomic mass is 19.1. The van der Waals surface area contributed by atoms with E-state index < -0.39 is 0 Å². The van der Waals surface area contributed by atoms with Crippen molar-refractivity contribution in [1.82, 2.24) is 20.5 Å². The number of allylic oxidation sites excluding steroid dienone is 1. The van der Waals surface area contributed by atoms with Gasteiger partial charge in [-0.05, 0) is 81.9 Å². The molecular weight excluding hydrogens is 467 g/mol. The number of carbonyl (C=O) groups excluding carboxylic acids is 1. The summed E-state index contributed by atoms with van der Waals surface area (Å²) in [4.78, 5) is 23.7. The molecule has 2 heterocycles. The van der Waals surface area contributed by atoms with Crippen LogP contribution in [0.25, 0.3) is 0 Å². The van der Waals surface area contributed by atoms with E-state index in [1.807, 2.05) is 27.0 Å². The van der Waals surface area contributed by atoms with Crippen molar-refractivity contribution in [2.24, 2.45) is 16.8 Å². The number of rotatable bonds is 11. The van der Waals surface area contributed by atoms with Crippen molar-refractivity contribution in [2.75, 3.05) is 32.0 Å². The Morgan fingerprint density at radius 3 is 2.73 bits per heavy atom. The maximum Gasteiger partial charge on any atom is 0.257 e. The van der Waals surface area contributed by atoms with Gasteiger partial charge in [0.25, 0.3) is 5.91 Å². The van der Waals surface area contributed by atoms with E-state index >= 15 is 0 Å². The standard InChI is InChI=1S/C29H41FN6O/c1-19(2)28(18-36(6)17-23-9-10-31-15-23)33-14-21(4)34-22(5)26-12-25(7-8-27(26)30)35-29(37)24-11-20(3)13-32-16-24/h7-8,11-14,16,18-19,21-23,31,34H,9-10,15,17H2,1-6H3,(H,35,37)/b28-18+,33-14?/t21?,22-,23?/m0/s1. The number of hydrogen-bond acceptors (Lipinski definition) is 6. The highest BCUT2D eigenvalue weighted by Gasteiger charge is 2.17. The quantitative estimate of drug-likeness (QED) is 0.375. The van der Waals surface area contributed by atoms with Crippen LogP contribution < -0.4 is 16.0 Å². The molecule has 1 amide bonds. The van der Waals surface area contributed by atoms with E-state index in [0.29, 0.717) is 22.7 Å². The van der Waals surface area contributed by atoms with Gasteiger partial charge >= 0.3 is 0 Å². The molecule has 1 aromatic carbocycles. The van der Waals surface area contributed by atoms with Gasteiger partial charge in [-0.1, -0.05) is 13.8 Å². The number of anilines is 1. The second kappa shape index (κ2) is 13.4. The molecule has 1 saturated heterocycles. The third-order valence-corrected chi connectivity index (χ3v) is 6.47. The molecule has 200 valence electrons. The largest absolute Gasteiger partial charge is 0.379 e. The molecule has 0 bridgehead atoms. The number of hydrogen-bond donors (Lipinski definition) is 3. The van der Waals surface area contributed by atoms with Crippen molar-refractivity contribution in [3.05, 3.63) is 71.1 Å². The first-order valence-corrected chi connectivity index (χ1v) is 13.1. The van der Waals surface area contributed by atoms with Crippen LogP contribution in [0.3, 0.4) is 0 Å². The Balaban J connectivity index is 1.63. The first kappa shape index (κ1) is 28.5. The first-order valence-electron chi connectivity index (χ1n) is 13.1. The minimum atomic E-state index is -0.329. The van der Waals surface area contributed by atoms with Gasteiger partial charge in [-0.2, -0.15) is 0 Å². The molecule has 3 N–H and O–H groups in total. The lowest BCUT2D eigenvalue weighted by molar-refractivity contribution is 0.102. The molecule has 1 aromatic heterocycles. The van der Waals surface area contributed by atoms with Crippen LogP contribution in [0.1, 0.15) is 61.6 Å². The molecule has 7 nitrogen and oxygen atoms in total. The summed E-state index contributed by atoms with van der Waals surface area (Å²) in [5, 5.41) is 9.66. The fourth-order valence-corrected chi connectivity index (χ4v) is 4.45. The Morgan fingerprint density at radius 1 is 1.27 bits per heavy atom. The molecule has 2 unspecified atom stereocenters. The van der Waals surface area contributed by atoms with E-state index in [-0.39, 0.29) is 29.7 Å². The second-order valence-corrected chi connectivity index (χ2v) is 10.4. The minimum absolute atomic E-state index is 0.0856. The third-order valence-electron chi connectivity index (χ3n) is 6.47. The molecular formula is C29H41FN6O. The first-order chi connectivity index (χ1) is 17.6. The summed E-state index contributed by atoms with van der Waals surface area (Å²) in [6.45, 7) is 13.2. The van der Waals surface area contributed by atoms with Crippen LogP contribution in [-0.2, 0) is 0 Å². The number of benzene rings is 1. The van der Waals surface area contributed by atoms with Crippen LogP contribution in [0, 0.1) is 24.6 Å². The molecule has 2 aromatic rings. The van der Waals surface area contributed by atoms with Crippen LogP contribution in [0.2, 0.25) is 0 Å². The summed E-state index contributed by atoms with van der Waals surface area (Å²) in [6, 6.07) is 6.01. The Morgan fingerprint density at radius 2 is 2.05 bits per heavy atom. The zero-order valence-electron chi connectivity index (χ0n) is 22.9. The smallest absolute Gasteiger partial charge is 0.257 e. The van der Waals surface area contributed by atoms with Gasteiger partial charge in [0.2, 0.25) is 0 Å². The minimum Gasteiger partial charge on any atom is -0.379 e. The number of nitrogens with one attached hydrogen (secondary N) is 3. The molecule has 1 aliphatic heterocycles. The zero-order valence-corrected chi connectivity index (χ0v) is 22.9. The monoisotopic (exact) mass is 508 g/mol. The van der Waals surface area contributed by atoms with Crippen LogP contribution in [0.5, 0.6) is 0 Å². The maximum atomic E-state index is 14.7. The van der Waals surface area contributed by atoms with Crippen molar-refractivity contribution < 1.29 is 9.18 Å². The van der Waals surface area contributed by atoms with Crippen molar-refractivity contribution >= 4 is 17.8 Å². The summed E-state index contributed by atoms with van der Waals surface area (Å²) in [5.41, 5.74) is 3.38. The number of carbonyl (C=O) groups is 1. The number of aryl methyl sites for hydroxylation is 1. The molecule has 37 heavy (non-hydrogen) atoms. The van der Waals surface area contributed by atoms with Gasteiger partial charge in [0.05, 0.1) is 11.3 Å². The number of aliphatic imine (C=N–C) groups is 1. The van der Waals surface area contributed by atoms with E-state index in [1.54, 1.807) is 24.4 Å². The maximum absolute atomic E-state index is 14.7. The van der Waals surface area contributed by atoms with Gasteiger partial charge in [-0.15, -0.1) is 0 Å². The van der Waals surface area contributed by atoms with Crippen molar-refractivity contribution in [1.29, 1.82) is 0 Å². The Bertz CT molecular complexity index is 1110. The van der Waals surface area contributed by atoms with Crippen molar-refractivity contribution in [3.63, 3.8) is 0 Å². The van der Waals surface area contributed by atoms with Crippen LogP contribution in [-0.4, -0.2) is 54.7 Å². The summed E-state index contributed by atoms with van der Waals surface area (Å²) in [7, 11) is 2.10. The summed E-state index contributed by atoms with van der Waals surface area (Å²) in [5.74, 6) is 0.345. The molecule has 3 atom stereocenters.